The van der Waals surface area contributed by atoms with E-state index in [1.54, 1.807) is 41.9 Å². The molecule has 0 radical (unpaired) electrons. The summed E-state index contributed by atoms with van der Waals surface area (Å²) in [4.78, 5) is 4.93. The van der Waals surface area contributed by atoms with Crippen molar-refractivity contribution in [3.8, 4) is 0 Å². The highest BCUT2D eigenvalue weighted by Crippen LogP contribution is 2.30. The molecule has 0 aliphatic carbocycles. The molecular formula is C25H25ClN4O2S2. The molecule has 3 aromatic carbocycles. The first-order valence-corrected chi connectivity index (χ1v) is 13.8. The number of sulfonamides is 1. The van der Waals surface area contributed by atoms with Crippen molar-refractivity contribution in [1.82, 2.24) is 9.27 Å². The van der Waals surface area contributed by atoms with Gasteiger partial charge in [-0.25, -0.2) is 8.42 Å². The zero-order chi connectivity index (χ0) is 23.5. The third-order valence-corrected chi connectivity index (χ3v) is 8.78. The molecule has 1 N–H and O–H groups in total. The minimum absolute atomic E-state index is 0.0746. The molecule has 4 aromatic rings. The van der Waals surface area contributed by atoms with Gasteiger partial charge >= 0.3 is 0 Å². The number of aromatic nitrogens is 1. The molecule has 0 spiro atoms. The Morgan fingerprint density at radius 3 is 2.38 bits per heavy atom. The van der Waals surface area contributed by atoms with Crippen molar-refractivity contribution >= 4 is 54.7 Å². The fourth-order valence-corrected chi connectivity index (χ4v) is 6.56. The SMILES string of the molecule is O=S(=O)(Nc1ccc(CCN2CCN(c3nsc4ccccc34)CC2)cc1)c1ccccc1Cl. The van der Waals surface area contributed by atoms with Crippen LogP contribution in [0.3, 0.4) is 0 Å². The van der Waals surface area contributed by atoms with E-state index in [1.165, 1.54) is 21.7 Å². The Bertz CT molecular complexity index is 1380. The van der Waals surface area contributed by atoms with Crippen molar-refractivity contribution in [2.45, 2.75) is 11.3 Å². The summed E-state index contributed by atoms with van der Waals surface area (Å²) in [5.41, 5.74) is 1.70. The van der Waals surface area contributed by atoms with Gasteiger partial charge < -0.3 is 4.90 Å². The summed E-state index contributed by atoms with van der Waals surface area (Å²) < 4.78 is 33.8. The standard InChI is InChI=1S/C25H25ClN4O2S2/c26-22-6-2-4-8-24(22)34(31,32)28-20-11-9-19(10-12-20)13-14-29-15-17-30(18-16-29)25-21-5-1-3-7-23(21)33-27-25/h1-12,28H,13-18H2. The van der Waals surface area contributed by atoms with Gasteiger partial charge in [0.15, 0.2) is 0 Å². The van der Waals surface area contributed by atoms with Gasteiger partial charge in [0.25, 0.3) is 10.0 Å². The fraction of sp³-hybridized carbons (Fsp3) is 0.240. The quantitative estimate of drug-likeness (QED) is 0.372. The van der Waals surface area contributed by atoms with E-state index < -0.39 is 10.0 Å². The lowest BCUT2D eigenvalue weighted by Gasteiger charge is -2.35. The van der Waals surface area contributed by atoms with Gasteiger partial charge in [-0.2, -0.15) is 4.37 Å². The lowest BCUT2D eigenvalue weighted by Crippen LogP contribution is -2.47. The zero-order valence-corrected chi connectivity index (χ0v) is 20.9. The second kappa shape index (κ2) is 9.92. The first-order valence-electron chi connectivity index (χ1n) is 11.2. The smallest absolute Gasteiger partial charge is 0.263 e. The maximum Gasteiger partial charge on any atom is 0.263 e. The lowest BCUT2D eigenvalue weighted by atomic mass is 10.1. The molecule has 176 valence electrons. The number of nitrogens with one attached hydrogen (secondary N) is 1. The van der Waals surface area contributed by atoms with E-state index in [2.05, 4.69) is 43.2 Å². The van der Waals surface area contributed by atoms with Crippen LogP contribution in [-0.2, 0) is 16.4 Å². The topological polar surface area (TPSA) is 65.5 Å². The fourth-order valence-electron chi connectivity index (χ4n) is 4.18. The summed E-state index contributed by atoms with van der Waals surface area (Å²) in [6.45, 7) is 4.91. The Morgan fingerprint density at radius 1 is 0.912 bits per heavy atom. The molecular weight excluding hydrogens is 488 g/mol. The van der Waals surface area contributed by atoms with Crippen molar-refractivity contribution in [1.29, 1.82) is 0 Å². The number of rotatable bonds is 7. The Kier molecular flexibility index (Phi) is 6.74. The minimum Gasteiger partial charge on any atom is -0.353 e. The maximum atomic E-state index is 12.6. The van der Waals surface area contributed by atoms with E-state index >= 15 is 0 Å². The Labute approximate surface area is 209 Å². The van der Waals surface area contributed by atoms with Crippen LogP contribution in [-0.4, -0.2) is 50.4 Å². The Morgan fingerprint density at radius 2 is 1.62 bits per heavy atom. The predicted octanol–water partition coefficient (Wildman–Crippen LogP) is 5.12. The number of fused-ring (bicyclic) bond motifs is 1. The summed E-state index contributed by atoms with van der Waals surface area (Å²) in [5, 5.41) is 1.45. The number of halogens is 1. The van der Waals surface area contributed by atoms with Crippen LogP contribution in [0.2, 0.25) is 5.02 Å². The number of hydrogen-bond donors (Lipinski definition) is 1. The average Bonchev–Trinajstić information content (AvgIpc) is 3.28. The zero-order valence-electron chi connectivity index (χ0n) is 18.5. The Balaban J connectivity index is 1.13. The first-order chi connectivity index (χ1) is 16.5. The third-order valence-electron chi connectivity index (χ3n) is 6.08. The summed E-state index contributed by atoms with van der Waals surface area (Å²) in [5.74, 6) is 1.11. The monoisotopic (exact) mass is 512 g/mol. The van der Waals surface area contributed by atoms with Crippen molar-refractivity contribution in [2.75, 3.05) is 42.3 Å². The van der Waals surface area contributed by atoms with Crippen molar-refractivity contribution in [3.05, 3.63) is 83.4 Å². The molecule has 1 aliphatic rings. The molecule has 2 heterocycles. The van der Waals surface area contributed by atoms with Crippen LogP contribution in [0.1, 0.15) is 5.56 Å². The second-order valence-electron chi connectivity index (χ2n) is 8.31. The molecule has 0 amide bonds. The molecule has 1 saturated heterocycles. The van der Waals surface area contributed by atoms with E-state index in [1.807, 2.05) is 12.1 Å². The van der Waals surface area contributed by atoms with Gasteiger partial charge in [-0.15, -0.1) is 0 Å². The van der Waals surface area contributed by atoms with Crippen molar-refractivity contribution in [2.24, 2.45) is 0 Å². The van der Waals surface area contributed by atoms with E-state index in [0.717, 1.165) is 45.0 Å². The Hall–Kier alpha value is -2.65. The lowest BCUT2D eigenvalue weighted by molar-refractivity contribution is 0.261. The summed E-state index contributed by atoms with van der Waals surface area (Å²) in [6.07, 6.45) is 0.914. The van der Waals surface area contributed by atoms with Crippen LogP contribution in [0.25, 0.3) is 10.1 Å². The van der Waals surface area contributed by atoms with Gasteiger partial charge in [-0.1, -0.05) is 48.0 Å². The van der Waals surface area contributed by atoms with Gasteiger partial charge in [-0.3, -0.25) is 9.62 Å². The molecule has 6 nitrogen and oxygen atoms in total. The predicted molar refractivity (Wildman–Crippen MR) is 141 cm³/mol. The summed E-state index contributed by atoms with van der Waals surface area (Å²) in [6, 6.07) is 22.4. The van der Waals surface area contributed by atoms with Crippen LogP contribution in [0.15, 0.2) is 77.7 Å². The van der Waals surface area contributed by atoms with Crippen LogP contribution in [0.5, 0.6) is 0 Å². The molecule has 1 aliphatic heterocycles. The summed E-state index contributed by atoms with van der Waals surface area (Å²) >= 11 is 7.61. The first kappa shape index (κ1) is 23.1. The van der Waals surface area contributed by atoms with Crippen molar-refractivity contribution in [3.63, 3.8) is 0 Å². The minimum atomic E-state index is -3.72. The highest BCUT2D eigenvalue weighted by molar-refractivity contribution is 7.92. The maximum absolute atomic E-state index is 12.6. The average molecular weight is 513 g/mol. The van der Waals surface area contributed by atoms with Crippen LogP contribution < -0.4 is 9.62 Å². The molecule has 5 rings (SSSR count). The van der Waals surface area contributed by atoms with Gasteiger partial charge in [0.2, 0.25) is 0 Å². The van der Waals surface area contributed by atoms with Crippen LogP contribution in [0.4, 0.5) is 11.5 Å². The van der Waals surface area contributed by atoms with Gasteiger partial charge in [0.1, 0.15) is 10.7 Å². The van der Waals surface area contributed by atoms with Gasteiger partial charge in [-0.05, 0) is 59.9 Å². The number of hydrogen-bond acceptors (Lipinski definition) is 6. The number of piperazine rings is 1. The summed E-state index contributed by atoms with van der Waals surface area (Å²) in [7, 11) is -3.72. The van der Waals surface area contributed by atoms with Gasteiger partial charge in [0, 0.05) is 43.8 Å². The molecule has 0 bridgehead atoms. The molecule has 0 atom stereocenters. The van der Waals surface area contributed by atoms with Crippen LogP contribution in [0, 0.1) is 0 Å². The van der Waals surface area contributed by atoms with Crippen molar-refractivity contribution < 1.29 is 8.42 Å². The highest BCUT2D eigenvalue weighted by atomic mass is 35.5. The number of anilines is 2. The van der Waals surface area contributed by atoms with E-state index in [0.29, 0.717) is 5.69 Å². The van der Waals surface area contributed by atoms with E-state index in [9.17, 15) is 8.42 Å². The molecule has 1 aromatic heterocycles. The molecule has 0 saturated carbocycles. The molecule has 1 fully saturated rings. The molecule has 0 unspecified atom stereocenters. The molecule has 9 heteroatoms. The largest absolute Gasteiger partial charge is 0.353 e. The van der Waals surface area contributed by atoms with E-state index in [-0.39, 0.29) is 9.92 Å². The second-order valence-corrected chi connectivity index (χ2v) is 11.2. The normalized spacial score (nSPS) is 15.0. The highest BCUT2D eigenvalue weighted by Gasteiger charge is 2.21. The van der Waals surface area contributed by atoms with Crippen LogP contribution >= 0.6 is 23.1 Å². The molecule has 34 heavy (non-hydrogen) atoms. The van der Waals surface area contributed by atoms with Gasteiger partial charge in [0.05, 0.1) is 9.72 Å². The third kappa shape index (κ3) is 5.05. The number of benzene rings is 3. The number of nitrogens with zero attached hydrogens (tertiary/aromatic N) is 3. The van der Waals surface area contributed by atoms with E-state index in [4.69, 9.17) is 11.6 Å².